The van der Waals surface area contributed by atoms with Crippen LogP contribution in [0.5, 0.6) is 0 Å². The zero-order chi connectivity index (χ0) is 13.5. The molecule has 1 heterocycles. The lowest BCUT2D eigenvalue weighted by Gasteiger charge is -2.03. The number of hydrogen-bond acceptors (Lipinski definition) is 3. The molecule has 0 radical (unpaired) electrons. The summed E-state index contributed by atoms with van der Waals surface area (Å²) >= 11 is 0.665. The van der Waals surface area contributed by atoms with Crippen molar-refractivity contribution >= 4 is 27.2 Å². The quantitative estimate of drug-likeness (QED) is 0.852. The maximum atomic E-state index is 12.5. The second-order valence-corrected chi connectivity index (χ2v) is 5.10. The Bertz CT molecular complexity index is 601. The predicted octanol–water partition coefficient (Wildman–Crippen LogP) is 3.45. The molecule has 0 bridgehead atoms. The number of rotatable bonds is 2. The third-order valence-corrected chi connectivity index (χ3v) is 3.65. The Morgan fingerprint density at radius 3 is 2.56 bits per heavy atom. The molecule has 1 unspecified atom stereocenters. The summed E-state index contributed by atoms with van der Waals surface area (Å²) in [4.78, 5) is 11.0. The Kier molecular flexibility index (Phi) is 3.16. The van der Waals surface area contributed by atoms with Gasteiger partial charge in [-0.3, -0.25) is 4.79 Å². The Labute approximate surface area is 105 Å². The van der Waals surface area contributed by atoms with Gasteiger partial charge < -0.3 is 5.73 Å². The average molecular weight is 273 g/mol. The summed E-state index contributed by atoms with van der Waals surface area (Å²) in [5, 5.41) is 0.416. The van der Waals surface area contributed by atoms with Gasteiger partial charge in [0.2, 0.25) is 0 Å². The van der Waals surface area contributed by atoms with E-state index in [4.69, 9.17) is 5.73 Å². The monoisotopic (exact) mass is 273 g/mol. The lowest BCUT2D eigenvalue weighted by molar-refractivity contribution is -0.134. The molecular weight excluding hydrogens is 263 g/mol. The van der Waals surface area contributed by atoms with E-state index in [9.17, 15) is 18.0 Å². The molecule has 1 aromatic carbocycles. The van der Waals surface area contributed by atoms with E-state index in [1.807, 2.05) is 0 Å². The number of halogens is 3. The highest BCUT2D eigenvalue weighted by molar-refractivity contribution is 7.19. The highest BCUT2D eigenvalue weighted by atomic mass is 32.1. The Morgan fingerprint density at radius 2 is 2.00 bits per heavy atom. The van der Waals surface area contributed by atoms with Gasteiger partial charge in [-0.05, 0) is 36.6 Å². The second-order valence-electron chi connectivity index (χ2n) is 4.01. The fraction of sp³-hybridized carbons (Fsp3) is 0.250. The van der Waals surface area contributed by atoms with Crippen molar-refractivity contribution in [3.8, 4) is 0 Å². The summed E-state index contributed by atoms with van der Waals surface area (Å²) in [6.07, 6.45) is -4.35. The molecule has 96 valence electrons. The first-order valence-electron chi connectivity index (χ1n) is 5.19. The normalized spacial score (nSPS) is 13.8. The van der Waals surface area contributed by atoms with Gasteiger partial charge in [0, 0.05) is 10.3 Å². The first-order chi connectivity index (χ1) is 8.29. The third-order valence-electron chi connectivity index (χ3n) is 2.49. The summed E-state index contributed by atoms with van der Waals surface area (Å²) in [7, 11) is 0. The van der Waals surface area contributed by atoms with Crippen molar-refractivity contribution in [3.05, 3.63) is 34.7 Å². The smallest absolute Gasteiger partial charge is 0.321 e. The van der Waals surface area contributed by atoms with Gasteiger partial charge >= 0.3 is 6.18 Å². The van der Waals surface area contributed by atoms with E-state index >= 15 is 0 Å². The van der Waals surface area contributed by atoms with Crippen LogP contribution >= 0.6 is 11.3 Å². The Balaban J connectivity index is 2.49. The standard InChI is InChI=1S/C12H10F3NOS/c1-6(16)11(17)7-2-3-9-8(4-7)5-10(18-9)12(13,14)15/h2-6H,16H2,1H3. The van der Waals surface area contributed by atoms with Crippen LogP contribution in [0.4, 0.5) is 13.2 Å². The van der Waals surface area contributed by atoms with E-state index in [0.29, 0.717) is 27.0 Å². The molecule has 6 heteroatoms. The molecule has 0 spiro atoms. The van der Waals surface area contributed by atoms with Gasteiger partial charge in [0.15, 0.2) is 5.78 Å². The molecule has 0 saturated heterocycles. The van der Waals surface area contributed by atoms with Gasteiger partial charge in [-0.25, -0.2) is 0 Å². The van der Waals surface area contributed by atoms with E-state index in [-0.39, 0.29) is 5.78 Å². The van der Waals surface area contributed by atoms with Crippen LogP contribution < -0.4 is 5.73 Å². The van der Waals surface area contributed by atoms with Crippen LogP contribution in [0.25, 0.3) is 10.1 Å². The van der Waals surface area contributed by atoms with E-state index in [1.165, 1.54) is 18.2 Å². The van der Waals surface area contributed by atoms with Crippen molar-refractivity contribution < 1.29 is 18.0 Å². The number of benzene rings is 1. The van der Waals surface area contributed by atoms with E-state index in [2.05, 4.69) is 0 Å². The lowest BCUT2D eigenvalue weighted by Crippen LogP contribution is -2.26. The van der Waals surface area contributed by atoms with Crippen molar-refractivity contribution in [3.63, 3.8) is 0 Å². The number of fused-ring (bicyclic) bond motifs is 1. The molecular formula is C12H10F3NOS. The molecule has 0 saturated carbocycles. The summed E-state index contributed by atoms with van der Waals surface area (Å²) in [5.74, 6) is -0.281. The molecule has 0 aliphatic carbocycles. The number of thiophene rings is 1. The minimum absolute atomic E-state index is 0.281. The summed E-state index contributed by atoms with van der Waals surface area (Å²) in [6.45, 7) is 1.54. The molecule has 18 heavy (non-hydrogen) atoms. The fourth-order valence-corrected chi connectivity index (χ4v) is 2.51. The molecule has 0 aliphatic rings. The lowest BCUT2D eigenvalue weighted by atomic mass is 10.0. The molecule has 2 N–H and O–H groups in total. The highest BCUT2D eigenvalue weighted by Gasteiger charge is 2.32. The van der Waals surface area contributed by atoms with Gasteiger partial charge in [-0.1, -0.05) is 0 Å². The molecule has 0 amide bonds. The van der Waals surface area contributed by atoms with Crippen LogP contribution in [0.3, 0.4) is 0 Å². The molecule has 2 rings (SSSR count). The molecule has 2 nitrogen and oxygen atoms in total. The van der Waals surface area contributed by atoms with Crippen LogP contribution in [0.1, 0.15) is 22.2 Å². The first-order valence-corrected chi connectivity index (χ1v) is 6.01. The Morgan fingerprint density at radius 1 is 1.33 bits per heavy atom. The van der Waals surface area contributed by atoms with Crippen LogP contribution in [0.2, 0.25) is 0 Å². The van der Waals surface area contributed by atoms with Crippen molar-refractivity contribution in [2.75, 3.05) is 0 Å². The Hall–Kier alpha value is -1.40. The van der Waals surface area contributed by atoms with Gasteiger partial charge in [0.1, 0.15) is 4.88 Å². The fourth-order valence-electron chi connectivity index (χ4n) is 1.60. The number of Topliss-reactive ketones (excluding diaryl/α,β-unsaturated/α-hetero) is 1. The number of alkyl halides is 3. The van der Waals surface area contributed by atoms with E-state index in [0.717, 1.165) is 6.07 Å². The van der Waals surface area contributed by atoms with Crippen molar-refractivity contribution in [1.29, 1.82) is 0 Å². The molecule has 2 aromatic rings. The number of carbonyl (C=O) groups excluding carboxylic acids is 1. The summed E-state index contributed by atoms with van der Waals surface area (Å²) in [5.41, 5.74) is 5.80. The zero-order valence-electron chi connectivity index (χ0n) is 9.41. The second kappa shape index (κ2) is 4.37. The minimum Gasteiger partial charge on any atom is -0.321 e. The number of ketones is 1. The molecule has 0 fully saturated rings. The third kappa shape index (κ3) is 2.39. The van der Waals surface area contributed by atoms with Crippen LogP contribution in [-0.4, -0.2) is 11.8 Å². The first kappa shape index (κ1) is 13.0. The van der Waals surface area contributed by atoms with Crippen LogP contribution in [-0.2, 0) is 6.18 Å². The SMILES string of the molecule is CC(N)C(=O)c1ccc2sc(C(F)(F)F)cc2c1. The summed E-state index contributed by atoms with van der Waals surface area (Å²) < 4.78 is 38.1. The maximum Gasteiger partial charge on any atom is 0.425 e. The molecule has 0 aliphatic heterocycles. The predicted molar refractivity (Wildman–Crippen MR) is 64.8 cm³/mol. The molecule has 1 aromatic heterocycles. The van der Waals surface area contributed by atoms with Gasteiger partial charge in [0.05, 0.1) is 6.04 Å². The van der Waals surface area contributed by atoms with Gasteiger partial charge in [0.25, 0.3) is 0 Å². The van der Waals surface area contributed by atoms with E-state index in [1.54, 1.807) is 6.92 Å². The van der Waals surface area contributed by atoms with E-state index < -0.39 is 17.1 Å². The highest BCUT2D eigenvalue weighted by Crippen LogP contribution is 2.38. The largest absolute Gasteiger partial charge is 0.425 e. The van der Waals surface area contributed by atoms with Crippen LogP contribution in [0, 0.1) is 0 Å². The average Bonchev–Trinajstić information content (AvgIpc) is 2.69. The number of carbonyl (C=O) groups is 1. The maximum absolute atomic E-state index is 12.5. The summed E-state index contributed by atoms with van der Waals surface area (Å²) in [6, 6.07) is 4.86. The van der Waals surface area contributed by atoms with Gasteiger partial charge in [-0.15, -0.1) is 11.3 Å². The zero-order valence-corrected chi connectivity index (χ0v) is 10.2. The van der Waals surface area contributed by atoms with Crippen molar-refractivity contribution in [2.24, 2.45) is 5.73 Å². The van der Waals surface area contributed by atoms with Gasteiger partial charge in [-0.2, -0.15) is 13.2 Å². The van der Waals surface area contributed by atoms with Crippen molar-refractivity contribution in [2.45, 2.75) is 19.1 Å². The topological polar surface area (TPSA) is 43.1 Å². The minimum atomic E-state index is -4.35. The van der Waals surface area contributed by atoms with Crippen LogP contribution in [0.15, 0.2) is 24.3 Å². The number of nitrogens with two attached hydrogens (primary N) is 1. The molecule has 1 atom stereocenters. The van der Waals surface area contributed by atoms with Crippen molar-refractivity contribution in [1.82, 2.24) is 0 Å². The number of hydrogen-bond donors (Lipinski definition) is 1.